The van der Waals surface area contributed by atoms with Crippen LogP contribution in [0, 0.1) is 0 Å². The van der Waals surface area contributed by atoms with Gasteiger partial charge in [0, 0.05) is 0 Å². The van der Waals surface area contributed by atoms with Gasteiger partial charge in [-0.05, 0) is 37.6 Å². The maximum absolute atomic E-state index is 11.7. The maximum atomic E-state index is 11.7. The Morgan fingerprint density at radius 3 is 2.67 bits per heavy atom. The summed E-state index contributed by atoms with van der Waals surface area (Å²) >= 11 is 12.4. The van der Waals surface area contributed by atoms with E-state index in [2.05, 4.69) is 5.32 Å². The summed E-state index contributed by atoms with van der Waals surface area (Å²) in [5, 5.41) is 2.99. The quantitative estimate of drug-likeness (QED) is 0.668. The van der Waals surface area contributed by atoms with E-state index in [4.69, 9.17) is 33.3 Å². The Morgan fingerprint density at radius 2 is 2.14 bits per heavy atom. The molecule has 112 valence electrons. The van der Waals surface area contributed by atoms with Crippen molar-refractivity contribution in [2.75, 3.05) is 7.11 Å². The van der Waals surface area contributed by atoms with Gasteiger partial charge in [-0.1, -0.05) is 35.6 Å². The van der Waals surface area contributed by atoms with Gasteiger partial charge >= 0.3 is 0 Å². The Morgan fingerprint density at radius 1 is 1.43 bits per heavy atom. The molecule has 0 saturated carbocycles. The topological polar surface area (TPSA) is 47.6 Å². The normalized spacial score (nSPS) is 16.5. The zero-order valence-electron chi connectivity index (χ0n) is 11.7. The number of thiocarbonyl (C=S) groups is 1. The van der Waals surface area contributed by atoms with Crippen molar-refractivity contribution in [1.29, 1.82) is 0 Å². The first kappa shape index (κ1) is 16.1. The second kappa shape index (κ2) is 6.68. The minimum atomic E-state index is -0.205. The molecule has 1 fully saturated rings. The number of amides is 1. The number of hydrogen-bond donors (Lipinski definition) is 1. The zero-order valence-corrected chi connectivity index (χ0v) is 14.1. The minimum Gasteiger partial charge on any atom is -0.491 e. The first-order chi connectivity index (χ1) is 9.90. The Kier molecular flexibility index (Phi) is 5.13. The van der Waals surface area contributed by atoms with Crippen molar-refractivity contribution in [2.24, 2.45) is 0 Å². The molecule has 1 aliphatic rings. The highest BCUT2D eigenvalue weighted by molar-refractivity contribution is 8.26. The molecule has 0 aromatic heterocycles. The molecule has 1 aromatic carbocycles. The van der Waals surface area contributed by atoms with Gasteiger partial charge in [0.1, 0.15) is 4.32 Å². The van der Waals surface area contributed by atoms with Crippen molar-refractivity contribution >= 4 is 51.9 Å². The Hall–Kier alpha value is -1.24. The maximum Gasteiger partial charge on any atom is 0.263 e. The Bertz CT molecular complexity index is 629. The summed E-state index contributed by atoms with van der Waals surface area (Å²) in [7, 11) is 1.53. The SMILES string of the molecule is COc1c(Cl)cc(C=C2SC(=S)NC2=O)cc1OC(C)C. The predicted molar refractivity (Wildman–Crippen MR) is 90.1 cm³/mol. The average Bonchev–Trinajstić information content (AvgIpc) is 2.66. The van der Waals surface area contributed by atoms with Gasteiger partial charge in [0.15, 0.2) is 11.5 Å². The van der Waals surface area contributed by atoms with E-state index in [1.807, 2.05) is 13.8 Å². The number of carbonyl (C=O) groups is 1. The molecule has 1 amide bonds. The van der Waals surface area contributed by atoms with Crippen LogP contribution in [0.3, 0.4) is 0 Å². The number of methoxy groups -OCH3 is 1. The van der Waals surface area contributed by atoms with Crippen molar-refractivity contribution in [3.8, 4) is 11.5 Å². The van der Waals surface area contributed by atoms with Gasteiger partial charge in [-0.15, -0.1) is 0 Å². The molecule has 1 aliphatic heterocycles. The molecular weight excluding hydrogens is 330 g/mol. The predicted octanol–water partition coefficient (Wildman–Crippen LogP) is 3.62. The Labute approximate surface area is 137 Å². The van der Waals surface area contributed by atoms with E-state index >= 15 is 0 Å². The van der Waals surface area contributed by atoms with Crippen LogP contribution in [-0.2, 0) is 4.79 Å². The van der Waals surface area contributed by atoms with E-state index in [9.17, 15) is 4.79 Å². The summed E-state index contributed by atoms with van der Waals surface area (Å²) in [4.78, 5) is 12.2. The number of benzene rings is 1. The smallest absolute Gasteiger partial charge is 0.263 e. The molecule has 2 rings (SSSR count). The molecular formula is C14H14ClNO3S2. The second-order valence-electron chi connectivity index (χ2n) is 4.55. The van der Waals surface area contributed by atoms with Crippen LogP contribution in [-0.4, -0.2) is 23.4 Å². The largest absolute Gasteiger partial charge is 0.491 e. The fourth-order valence-corrected chi connectivity index (χ4v) is 3.12. The third kappa shape index (κ3) is 3.90. The summed E-state index contributed by atoms with van der Waals surface area (Å²) in [6.45, 7) is 3.83. The molecule has 1 N–H and O–H groups in total. The van der Waals surface area contributed by atoms with E-state index in [0.29, 0.717) is 25.7 Å². The minimum absolute atomic E-state index is 0.0189. The molecule has 1 heterocycles. The monoisotopic (exact) mass is 343 g/mol. The van der Waals surface area contributed by atoms with Crippen LogP contribution >= 0.6 is 35.6 Å². The summed E-state index contributed by atoms with van der Waals surface area (Å²) in [5.41, 5.74) is 0.749. The molecule has 0 unspecified atom stereocenters. The van der Waals surface area contributed by atoms with Crippen LogP contribution < -0.4 is 14.8 Å². The van der Waals surface area contributed by atoms with Crippen LogP contribution in [0.2, 0.25) is 5.02 Å². The van der Waals surface area contributed by atoms with Gasteiger partial charge in [0.25, 0.3) is 5.91 Å². The van der Waals surface area contributed by atoms with Crippen LogP contribution in [0.4, 0.5) is 0 Å². The molecule has 7 heteroatoms. The third-order valence-electron chi connectivity index (χ3n) is 2.54. The lowest BCUT2D eigenvalue weighted by molar-refractivity contribution is -0.115. The lowest BCUT2D eigenvalue weighted by Gasteiger charge is -2.15. The molecule has 0 radical (unpaired) electrons. The van der Waals surface area contributed by atoms with E-state index in [-0.39, 0.29) is 12.0 Å². The van der Waals surface area contributed by atoms with Crippen LogP contribution in [0.15, 0.2) is 17.0 Å². The van der Waals surface area contributed by atoms with E-state index in [0.717, 1.165) is 5.56 Å². The number of halogens is 1. The van der Waals surface area contributed by atoms with Gasteiger partial charge in [-0.3, -0.25) is 4.79 Å². The zero-order chi connectivity index (χ0) is 15.6. The number of carbonyl (C=O) groups excluding carboxylic acids is 1. The number of ether oxygens (including phenoxy) is 2. The van der Waals surface area contributed by atoms with Crippen molar-refractivity contribution < 1.29 is 14.3 Å². The highest BCUT2D eigenvalue weighted by atomic mass is 35.5. The third-order valence-corrected chi connectivity index (χ3v) is 3.98. The highest BCUT2D eigenvalue weighted by Crippen LogP contribution is 2.38. The van der Waals surface area contributed by atoms with Crippen LogP contribution in [0.25, 0.3) is 6.08 Å². The molecule has 0 bridgehead atoms. The highest BCUT2D eigenvalue weighted by Gasteiger charge is 2.22. The molecule has 21 heavy (non-hydrogen) atoms. The number of hydrogen-bond acceptors (Lipinski definition) is 5. The van der Waals surface area contributed by atoms with Crippen molar-refractivity contribution in [1.82, 2.24) is 5.32 Å². The van der Waals surface area contributed by atoms with E-state index < -0.39 is 0 Å². The van der Waals surface area contributed by atoms with Gasteiger partial charge in [0.05, 0.1) is 23.1 Å². The molecule has 0 atom stereocenters. The summed E-state index contributed by atoms with van der Waals surface area (Å²) < 4.78 is 11.4. The van der Waals surface area contributed by atoms with Crippen molar-refractivity contribution in [3.05, 3.63) is 27.6 Å². The first-order valence-electron chi connectivity index (χ1n) is 6.19. The van der Waals surface area contributed by atoms with Crippen molar-refractivity contribution in [3.63, 3.8) is 0 Å². The number of thioether (sulfide) groups is 1. The summed E-state index contributed by atoms with van der Waals surface area (Å²) in [6.07, 6.45) is 1.70. The lowest BCUT2D eigenvalue weighted by Crippen LogP contribution is -2.17. The molecule has 4 nitrogen and oxygen atoms in total. The number of rotatable bonds is 4. The van der Waals surface area contributed by atoms with Gasteiger partial charge in [0.2, 0.25) is 0 Å². The van der Waals surface area contributed by atoms with Gasteiger partial charge in [-0.25, -0.2) is 0 Å². The lowest BCUT2D eigenvalue weighted by atomic mass is 10.1. The van der Waals surface area contributed by atoms with Gasteiger partial charge in [-0.2, -0.15) is 0 Å². The summed E-state index contributed by atoms with van der Waals surface area (Å²) in [5.74, 6) is 0.813. The van der Waals surface area contributed by atoms with Crippen molar-refractivity contribution in [2.45, 2.75) is 20.0 Å². The Balaban J connectivity index is 2.41. The molecule has 1 saturated heterocycles. The van der Waals surface area contributed by atoms with Crippen LogP contribution in [0.1, 0.15) is 19.4 Å². The van der Waals surface area contributed by atoms with E-state index in [1.165, 1.54) is 18.9 Å². The summed E-state index contributed by atoms with van der Waals surface area (Å²) in [6, 6.07) is 3.50. The molecule has 0 spiro atoms. The second-order valence-corrected chi connectivity index (χ2v) is 6.68. The fraction of sp³-hybridized carbons (Fsp3) is 0.286. The standard InChI is InChI=1S/C14H14ClNO3S2/c1-7(2)19-10-5-8(4-9(15)12(10)18-3)6-11-13(17)16-14(20)21-11/h4-7H,1-3H3,(H,16,17,20). The molecule has 0 aliphatic carbocycles. The fourth-order valence-electron chi connectivity index (χ4n) is 1.78. The molecule has 1 aromatic rings. The van der Waals surface area contributed by atoms with E-state index in [1.54, 1.807) is 18.2 Å². The first-order valence-corrected chi connectivity index (χ1v) is 7.80. The number of nitrogens with one attached hydrogen (secondary N) is 1. The average molecular weight is 344 g/mol. The van der Waals surface area contributed by atoms with Crippen LogP contribution in [0.5, 0.6) is 11.5 Å². The van der Waals surface area contributed by atoms with Gasteiger partial charge < -0.3 is 14.8 Å².